The number of carbonyl (C=O) groups is 2. The van der Waals surface area contributed by atoms with E-state index in [0.29, 0.717) is 42.4 Å². The summed E-state index contributed by atoms with van der Waals surface area (Å²) in [4.78, 5) is 30.7. The Bertz CT molecular complexity index is 717. The number of allylic oxidation sites excluding steroid dienone is 2. The summed E-state index contributed by atoms with van der Waals surface area (Å²) in [5.41, 5.74) is 9.66. The molecule has 4 aliphatic rings. The quantitative estimate of drug-likeness (QED) is 0.540. The standard InChI is InChI=1S/C24H38N2O3/c1-22(2,14-25)29-26-17-7-9-23(3)16(12-17)11-15(13-27)21-18-5-6-20(28)24(18,4)10-8-19(21)23/h12-13,15-16,18-19,21,26H,5-11,14,25H2,1-4H3/t15?,16?,18-,19-,21-,23-,24-/m0/s1. The van der Waals surface area contributed by atoms with Crippen LogP contribution in [0.25, 0.3) is 0 Å². The third-order valence-electron chi connectivity index (χ3n) is 9.22. The maximum atomic E-state index is 12.7. The molecule has 5 nitrogen and oxygen atoms in total. The van der Waals surface area contributed by atoms with Crippen LogP contribution < -0.4 is 11.2 Å². The predicted molar refractivity (Wildman–Crippen MR) is 112 cm³/mol. The maximum Gasteiger partial charge on any atom is 0.139 e. The molecule has 0 amide bonds. The van der Waals surface area contributed by atoms with E-state index in [9.17, 15) is 9.59 Å². The van der Waals surface area contributed by atoms with E-state index in [-0.39, 0.29) is 16.7 Å². The zero-order valence-corrected chi connectivity index (χ0v) is 18.5. The average Bonchev–Trinajstić information content (AvgIpc) is 3.00. The first-order valence-electron chi connectivity index (χ1n) is 11.5. The molecule has 3 fully saturated rings. The Morgan fingerprint density at radius 2 is 2.00 bits per heavy atom. The number of hydrogen-bond acceptors (Lipinski definition) is 5. The van der Waals surface area contributed by atoms with Crippen LogP contribution in [0.3, 0.4) is 0 Å². The highest BCUT2D eigenvalue weighted by atomic mass is 16.7. The number of aldehydes is 1. The van der Waals surface area contributed by atoms with Crippen molar-refractivity contribution < 1.29 is 14.4 Å². The Labute approximate surface area is 175 Å². The molecule has 4 aliphatic carbocycles. The van der Waals surface area contributed by atoms with E-state index in [1.807, 2.05) is 13.8 Å². The molecular weight excluding hydrogens is 364 g/mol. The van der Waals surface area contributed by atoms with Gasteiger partial charge in [0, 0.05) is 30.0 Å². The summed E-state index contributed by atoms with van der Waals surface area (Å²) in [6, 6.07) is 0. The lowest BCUT2D eigenvalue weighted by Crippen LogP contribution is -2.56. The minimum Gasteiger partial charge on any atom is -0.328 e. The number of hydroxylamine groups is 1. The van der Waals surface area contributed by atoms with Crippen LogP contribution in [-0.4, -0.2) is 24.2 Å². The fourth-order valence-electron chi connectivity index (χ4n) is 7.16. The van der Waals surface area contributed by atoms with E-state index in [4.69, 9.17) is 10.6 Å². The molecule has 0 aromatic carbocycles. The van der Waals surface area contributed by atoms with Crippen molar-refractivity contribution in [3.8, 4) is 0 Å². The highest BCUT2D eigenvalue weighted by Crippen LogP contribution is 2.66. The summed E-state index contributed by atoms with van der Waals surface area (Å²) in [5, 5.41) is 0. The smallest absolute Gasteiger partial charge is 0.139 e. The summed E-state index contributed by atoms with van der Waals surface area (Å²) >= 11 is 0. The van der Waals surface area contributed by atoms with Crippen molar-refractivity contribution in [3.05, 3.63) is 11.8 Å². The largest absolute Gasteiger partial charge is 0.328 e. The number of fused-ring (bicyclic) bond motifs is 5. The van der Waals surface area contributed by atoms with Crippen LogP contribution in [0.4, 0.5) is 0 Å². The van der Waals surface area contributed by atoms with E-state index >= 15 is 0 Å². The molecule has 3 N–H and O–H groups in total. The van der Waals surface area contributed by atoms with Gasteiger partial charge in [-0.15, -0.1) is 0 Å². The van der Waals surface area contributed by atoms with Crippen LogP contribution >= 0.6 is 0 Å². The van der Waals surface area contributed by atoms with Gasteiger partial charge in [-0.1, -0.05) is 19.9 Å². The molecule has 162 valence electrons. The molecule has 0 saturated heterocycles. The van der Waals surface area contributed by atoms with Gasteiger partial charge in [0.05, 0.1) is 0 Å². The van der Waals surface area contributed by atoms with Gasteiger partial charge in [0.1, 0.15) is 17.7 Å². The van der Waals surface area contributed by atoms with Crippen molar-refractivity contribution in [2.24, 2.45) is 46.2 Å². The van der Waals surface area contributed by atoms with Crippen LogP contribution in [0.2, 0.25) is 0 Å². The highest BCUT2D eigenvalue weighted by Gasteiger charge is 2.62. The Morgan fingerprint density at radius 3 is 2.69 bits per heavy atom. The lowest BCUT2D eigenvalue weighted by molar-refractivity contribution is -0.147. The Balaban J connectivity index is 1.59. The highest BCUT2D eigenvalue weighted by molar-refractivity contribution is 5.87. The van der Waals surface area contributed by atoms with E-state index in [0.717, 1.165) is 44.2 Å². The number of carbonyl (C=O) groups excluding carboxylic acids is 2. The molecule has 0 aromatic rings. The number of ketones is 1. The van der Waals surface area contributed by atoms with Gasteiger partial charge in [-0.3, -0.25) is 15.1 Å². The molecule has 0 aliphatic heterocycles. The van der Waals surface area contributed by atoms with Crippen LogP contribution in [0.1, 0.15) is 72.6 Å². The van der Waals surface area contributed by atoms with Crippen molar-refractivity contribution >= 4 is 12.1 Å². The zero-order valence-electron chi connectivity index (χ0n) is 18.5. The summed E-state index contributed by atoms with van der Waals surface area (Å²) in [6.45, 7) is 9.02. The van der Waals surface area contributed by atoms with E-state index in [1.54, 1.807) is 0 Å². The Morgan fingerprint density at radius 1 is 1.24 bits per heavy atom. The number of hydrogen-bond donors (Lipinski definition) is 2. The van der Waals surface area contributed by atoms with E-state index in [2.05, 4.69) is 25.4 Å². The van der Waals surface area contributed by atoms with E-state index in [1.165, 1.54) is 6.29 Å². The molecule has 0 heterocycles. The van der Waals surface area contributed by atoms with E-state index < -0.39 is 5.60 Å². The van der Waals surface area contributed by atoms with Gasteiger partial charge in [0.25, 0.3) is 0 Å². The van der Waals surface area contributed by atoms with Crippen molar-refractivity contribution in [1.29, 1.82) is 0 Å². The molecule has 0 aromatic heterocycles. The molecule has 0 bridgehead atoms. The monoisotopic (exact) mass is 402 g/mol. The topological polar surface area (TPSA) is 81.4 Å². The summed E-state index contributed by atoms with van der Waals surface area (Å²) in [7, 11) is 0. The zero-order chi connectivity index (χ0) is 21.0. The molecular formula is C24H38N2O3. The van der Waals surface area contributed by atoms with Gasteiger partial charge in [-0.25, -0.2) is 0 Å². The van der Waals surface area contributed by atoms with Gasteiger partial charge in [0.2, 0.25) is 0 Å². The van der Waals surface area contributed by atoms with Gasteiger partial charge in [0.15, 0.2) is 0 Å². The van der Waals surface area contributed by atoms with Crippen molar-refractivity contribution in [2.45, 2.75) is 78.2 Å². The minimum atomic E-state index is -0.409. The predicted octanol–water partition coefficient (Wildman–Crippen LogP) is 3.78. The van der Waals surface area contributed by atoms with Crippen molar-refractivity contribution in [3.63, 3.8) is 0 Å². The lowest BCUT2D eigenvalue weighted by atomic mass is 9.44. The molecule has 5 heteroatoms. The Kier molecular flexibility index (Phi) is 5.22. The van der Waals surface area contributed by atoms with Crippen molar-refractivity contribution in [1.82, 2.24) is 5.48 Å². The number of rotatable bonds is 5. The molecule has 29 heavy (non-hydrogen) atoms. The number of Topliss-reactive ketones (excluding diaryl/α,β-unsaturated/α-hetero) is 1. The van der Waals surface area contributed by atoms with Crippen LogP contribution in [0, 0.1) is 40.4 Å². The van der Waals surface area contributed by atoms with Crippen LogP contribution in [0.5, 0.6) is 0 Å². The first kappa shape index (κ1) is 21.0. The molecule has 7 atom stereocenters. The normalized spacial score (nSPS) is 44.4. The summed E-state index contributed by atoms with van der Waals surface area (Å²) in [6.07, 6.45) is 10.3. The van der Waals surface area contributed by atoms with Gasteiger partial charge in [-0.2, -0.15) is 0 Å². The third-order valence-corrected chi connectivity index (χ3v) is 9.22. The second-order valence-corrected chi connectivity index (χ2v) is 11.2. The Hall–Kier alpha value is -1.20. The third kappa shape index (κ3) is 3.29. The second kappa shape index (κ2) is 7.19. The SMILES string of the molecule is CC(C)(CN)ONC1=CC2CC(C=O)[C@@H]3[C@H](CC[C@]4(C)C(=O)CC[C@@H]34)[C@@]2(C)CC1. The first-order valence-corrected chi connectivity index (χ1v) is 11.5. The fraction of sp³-hybridized carbons (Fsp3) is 0.833. The molecule has 0 radical (unpaired) electrons. The van der Waals surface area contributed by atoms with Gasteiger partial charge in [-0.05, 0) is 81.5 Å². The van der Waals surface area contributed by atoms with Crippen LogP contribution in [-0.2, 0) is 14.4 Å². The molecule has 2 unspecified atom stereocenters. The molecule has 3 saturated carbocycles. The average molecular weight is 403 g/mol. The summed E-state index contributed by atoms with van der Waals surface area (Å²) in [5.74, 6) is 2.16. The lowest BCUT2D eigenvalue weighted by Gasteiger charge is -2.60. The van der Waals surface area contributed by atoms with Gasteiger partial charge < -0.3 is 10.5 Å². The molecule has 4 rings (SSSR count). The van der Waals surface area contributed by atoms with Gasteiger partial charge >= 0.3 is 0 Å². The fourth-order valence-corrected chi connectivity index (χ4v) is 7.16. The van der Waals surface area contributed by atoms with Crippen LogP contribution in [0.15, 0.2) is 11.8 Å². The van der Waals surface area contributed by atoms with Crippen molar-refractivity contribution in [2.75, 3.05) is 6.54 Å². The first-order chi connectivity index (χ1) is 13.6. The minimum absolute atomic E-state index is 0.0607. The number of nitrogens with two attached hydrogens (primary N) is 1. The molecule has 0 spiro atoms. The number of nitrogens with one attached hydrogen (secondary N) is 1. The summed E-state index contributed by atoms with van der Waals surface area (Å²) < 4.78 is 0. The second-order valence-electron chi connectivity index (χ2n) is 11.2. The maximum absolute atomic E-state index is 12.7.